The molecule has 0 aliphatic carbocycles. The van der Waals surface area contributed by atoms with Crippen molar-refractivity contribution in [2.24, 2.45) is 10.7 Å². The molecule has 0 spiro atoms. The van der Waals surface area contributed by atoms with Gasteiger partial charge >= 0.3 is 0 Å². The van der Waals surface area contributed by atoms with Crippen LogP contribution in [0.3, 0.4) is 0 Å². The number of nitrogens with zero attached hydrogens (tertiary/aromatic N) is 1. The van der Waals surface area contributed by atoms with E-state index in [-0.39, 0.29) is 5.60 Å². The van der Waals surface area contributed by atoms with Gasteiger partial charge in [-0.15, -0.1) is 0 Å². The number of guanidine groups is 1. The summed E-state index contributed by atoms with van der Waals surface area (Å²) in [5, 5.41) is 3.08. The molecule has 0 aliphatic heterocycles. The van der Waals surface area contributed by atoms with Gasteiger partial charge < -0.3 is 15.8 Å². The highest BCUT2D eigenvalue weighted by Crippen LogP contribution is 2.25. The third-order valence-corrected chi connectivity index (χ3v) is 3.10. The summed E-state index contributed by atoms with van der Waals surface area (Å²) in [5.41, 5.74) is 8.81. The van der Waals surface area contributed by atoms with Gasteiger partial charge in [0, 0.05) is 11.3 Å². The number of para-hydroxylation sites is 1. The Kier molecular flexibility index (Phi) is 5.27. The SMILES string of the molecule is Cc1ccc(CN=C(N)Nc2ccccc2)c(OC(C)(C)C)c1. The normalized spacial score (nSPS) is 12.1. The maximum Gasteiger partial charge on any atom is 0.193 e. The summed E-state index contributed by atoms with van der Waals surface area (Å²) in [6.45, 7) is 8.63. The van der Waals surface area contributed by atoms with Crippen molar-refractivity contribution < 1.29 is 4.74 Å². The molecular formula is C19H25N3O. The van der Waals surface area contributed by atoms with Gasteiger partial charge in [-0.05, 0) is 51.5 Å². The average molecular weight is 311 g/mol. The average Bonchev–Trinajstić information content (AvgIpc) is 2.46. The number of aryl methyl sites for hydroxylation is 1. The fraction of sp³-hybridized carbons (Fsp3) is 0.316. The van der Waals surface area contributed by atoms with E-state index in [1.54, 1.807) is 0 Å². The Morgan fingerprint density at radius 2 is 1.83 bits per heavy atom. The first kappa shape index (κ1) is 16.9. The molecule has 0 amide bonds. The van der Waals surface area contributed by atoms with Gasteiger partial charge in [-0.1, -0.05) is 30.3 Å². The van der Waals surface area contributed by atoms with Crippen molar-refractivity contribution in [3.63, 3.8) is 0 Å². The third-order valence-electron chi connectivity index (χ3n) is 3.10. The third kappa shape index (κ3) is 5.66. The molecule has 4 heteroatoms. The Morgan fingerprint density at radius 1 is 1.13 bits per heavy atom. The van der Waals surface area contributed by atoms with Crippen LogP contribution in [-0.2, 0) is 6.54 Å². The van der Waals surface area contributed by atoms with Gasteiger partial charge in [-0.25, -0.2) is 4.99 Å². The molecule has 0 radical (unpaired) electrons. The number of hydrogen-bond donors (Lipinski definition) is 2. The van der Waals surface area contributed by atoms with E-state index in [1.807, 2.05) is 70.2 Å². The van der Waals surface area contributed by atoms with Gasteiger partial charge in [0.15, 0.2) is 5.96 Å². The first-order chi connectivity index (χ1) is 10.8. The minimum absolute atomic E-state index is 0.250. The highest BCUT2D eigenvalue weighted by molar-refractivity contribution is 5.92. The number of nitrogens with two attached hydrogens (primary N) is 1. The molecule has 0 heterocycles. The van der Waals surface area contributed by atoms with E-state index in [1.165, 1.54) is 0 Å². The summed E-state index contributed by atoms with van der Waals surface area (Å²) in [6.07, 6.45) is 0. The molecule has 2 rings (SSSR count). The lowest BCUT2D eigenvalue weighted by Gasteiger charge is -2.23. The zero-order valence-electron chi connectivity index (χ0n) is 14.3. The number of aliphatic imine (C=N–C) groups is 1. The van der Waals surface area contributed by atoms with Gasteiger partial charge in [-0.2, -0.15) is 0 Å². The molecule has 2 aromatic carbocycles. The van der Waals surface area contributed by atoms with Gasteiger partial charge in [0.25, 0.3) is 0 Å². The zero-order valence-corrected chi connectivity index (χ0v) is 14.3. The van der Waals surface area contributed by atoms with Crippen LogP contribution in [-0.4, -0.2) is 11.6 Å². The van der Waals surface area contributed by atoms with Gasteiger partial charge in [0.1, 0.15) is 11.4 Å². The van der Waals surface area contributed by atoms with Gasteiger partial charge in [0.2, 0.25) is 0 Å². The van der Waals surface area contributed by atoms with Crippen LogP contribution in [0.2, 0.25) is 0 Å². The fourth-order valence-corrected chi connectivity index (χ4v) is 2.10. The Labute approximate surface area is 138 Å². The van der Waals surface area contributed by atoms with Crippen molar-refractivity contribution >= 4 is 11.6 Å². The Morgan fingerprint density at radius 3 is 2.48 bits per heavy atom. The van der Waals surface area contributed by atoms with Crippen LogP contribution in [0.25, 0.3) is 0 Å². The Balaban J connectivity index is 2.11. The molecule has 0 aliphatic rings. The summed E-state index contributed by atoms with van der Waals surface area (Å²) in [7, 11) is 0. The van der Waals surface area contributed by atoms with Crippen LogP contribution in [0.5, 0.6) is 5.75 Å². The van der Waals surface area contributed by atoms with Crippen molar-refractivity contribution in [3.05, 3.63) is 59.7 Å². The Bertz CT molecular complexity index is 673. The summed E-state index contributed by atoms with van der Waals surface area (Å²) in [4.78, 5) is 4.41. The number of benzene rings is 2. The highest BCUT2D eigenvalue weighted by Gasteiger charge is 2.14. The number of rotatable bonds is 4. The molecule has 3 N–H and O–H groups in total. The molecule has 4 nitrogen and oxygen atoms in total. The number of ether oxygens (including phenoxy) is 1. The van der Waals surface area contributed by atoms with E-state index < -0.39 is 0 Å². The standard InChI is InChI=1S/C19H25N3O/c1-14-10-11-15(17(12-14)23-19(2,3)4)13-21-18(20)22-16-8-6-5-7-9-16/h5-12H,13H2,1-4H3,(H3,20,21,22). The van der Waals surface area contributed by atoms with Crippen molar-refractivity contribution in [2.75, 3.05) is 5.32 Å². The van der Waals surface area contributed by atoms with Crippen molar-refractivity contribution in [1.29, 1.82) is 0 Å². The number of anilines is 1. The second-order valence-electron chi connectivity index (χ2n) is 6.52. The van der Waals surface area contributed by atoms with E-state index >= 15 is 0 Å². The molecule has 0 bridgehead atoms. The smallest absolute Gasteiger partial charge is 0.193 e. The first-order valence-corrected chi connectivity index (χ1v) is 7.74. The van der Waals surface area contributed by atoms with E-state index in [9.17, 15) is 0 Å². The largest absolute Gasteiger partial charge is 0.488 e. The van der Waals surface area contributed by atoms with Crippen LogP contribution in [0, 0.1) is 6.92 Å². The molecule has 2 aromatic rings. The molecule has 23 heavy (non-hydrogen) atoms. The molecule has 122 valence electrons. The lowest BCUT2D eigenvalue weighted by atomic mass is 10.1. The van der Waals surface area contributed by atoms with Crippen molar-refractivity contribution in [2.45, 2.75) is 39.8 Å². The number of hydrogen-bond acceptors (Lipinski definition) is 2. The topological polar surface area (TPSA) is 59.6 Å². The fourth-order valence-electron chi connectivity index (χ4n) is 2.10. The predicted molar refractivity (Wildman–Crippen MR) is 97.0 cm³/mol. The van der Waals surface area contributed by atoms with Gasteiger partial charge in [0.05, 0.1) is 6.54 Å². The van der Waals surface area contributed by atoms with Crippen LogP contribution < -0.4 is 15.8 Å². The predicted octanol–water partition coefficient (Wildman–Crippen LogP) is 4.10. The van der Waals surface area contributed by atoms with E-state index in [4.69, 9.17) is 10.5 Å². The molecule has 0 atom stereocenters. The lowest BCUT2D eigenvalue weighted by Crippen LogP contribution is -2.24. The number of nitrogens with one attached hydrogen (secondary N) is 1. The minimum atomic E-state index is -0.250. The first-order valence-electron chi connectivity index (χ1n) is 7.74. The summed E-state index contributed by atoms with van der Waals surface area (Å²) < 4.78 is 6.03. The molecular weight excluding hydrogens is 286 g/mol. The van der Waals surface area contributed by atoms with Crippen molar-refractivity contribution in [1.82, 2.24) is 0 Å². The molecule has 0 aromatic heterocycles. The quantitative estimate of drug-likeness (QED) is 0.660. The second kappa shape index (κ2) is 7.18. The van der Waals surface area contributed by atoms with Crippen LogP contribution in [0.1, 0.15) is 31.9 Å². The summed E-state index contributed by atoms with van der Waals surface area (Å²) in [5.74, 6) is 1.24. The van der Waals surface area contributed by atoms with Crippen molar-refractivity contribution in [3.8, 4) is 5.75 Å². The summed E-state index contributed by atoms with van der Waals surface area (Å²) in [6, 6.07) is 15.9. The monoisotopic (exact) mass is 311 g/mol. The molecule has 0 saturated carbocycles. The van der Waals surface area contributed by atoms with E-state index in [2.05, 4.69) is 16.4 Å². The van der Waals surface area contributed by atoms with Crippen LogP contribution >= 0.6 is 0 Å². The molecule has 0 unspecified atom stereocenters. The van der Waals surface area contributed by atoms with E-state index in [0.717, 1.165) is 22.6 Å². The molecule has 0 fully saturated rings. The van der Waals surface area contributed by atoms with Gasteiger partial charge in [-0.3, -0.25) is 0 Å². The minimum Gasteiger partial charge on any atom is -0.488 e. The van der Waals surface area contributed by atoms with Crippen LogP contribution in [0.15, 0.2) is 53.5 Å². The molecule has 0 saturated heterocycles. The maximum absolute atomic E-state index is 6.03. The second-order valence-corrected chi connectivity index (χ2v) is 6.52. The van der Waals surface area contributed by atoms with Crippen LogP contribution in [0.4, 0.5) is 5.69 Å². The Hall–Kier alpha value is -2.49. The van der Waals surface area contributed by atoms with E-state index in [0.29, 0.717) is 12.5 Å². The lowest BCUT2D eigenvalue weighted by molar-refractivity contribution is 0.129. The highest BCUT2D eigenvalue weighted by atomic mass is 16.5. The zero-order chi connectivity index (χ0) is 16.9. The summed E-state index contributed by atoms with van der Waals surface area (Å²) >= 11 is 0. The maximum atomic E-state index is 6.03.